The molecule has 0 aliphatic rings. The Morgan fingerprint density at radius 2 is 1.00 bits per heavy atom. The van der Waals surface area contributed by atoms with Gasteiger partial charge in [-0.15, -0.1) is 0 Å². The summed E-state index contributed by atoms with van der Waals surface area (Å²) < 4.78 is 75.9. The van der Waals surface area contributed by atoms with Gasteiger partial charge in [-0.25, -0.2) is 0 Å². The molecule has 0 aliphatic heterocycles. The molecule has 0 fully saturated rings. The molecule has 1 heterocycles. The number of halogens is 6. The van der Waals surface area contributed by atoms with E-state index in [1.54, 1.807) is 0 Å². The van der Waals surface area contributed by atoms with Gasteiger partial charge >= 0.3 is 14.2 Å². The van der Waals surface area contributed by atoms with Crippen LogP contribution < -0.4 is 8.96 Å². The normalized spacial score (nSPS) is 13.0. The summed E-state index contributed by atoms with van der Waals surface area (Å²) in [6.45, 7) is 0. The standard InChI is InChI=1S/C8H6B2F6N2/c11-9(12,13)17-5-6-18(10(14,15)16)8-4-2-1-3-7(8)17/h1-6H. The number of nitrogens with zero attached hydrogens (tertiary/aromatic N) is 2. The van der Waals surface area contributed by atoms with E-state index in [9.17, 15) is 25.9 Å². The lowest BCUT2D eigenvalue weighted by Crippen LogP contribution is -2.62. The van der Waals surface area contributed by atoms with Crippen LogP contribution in [0.1, 0.15) is 0 Å². The minimum atomic E-state index is -5.43. The molecule has 1 aromatic carbocycles. The molecule has 2 aromatic rings. The van der Waals surface area contributed by atoms with Gasteiger partial charge in [0, 0.05) is 12.1 Å². The van der Waals surface area contributed by atoms with Crippen LogP contribution in [-0.4, -0.2) is 14.2 Å². The van der Waals surface area contributed by atoms with Crippen LogP contribution in [0.4, 0.5) is 25.9 Å². The van der Waals surface area contributed by atoms with Crippen molar-refractivity contribution < 1.29 is 34.9 Å². The molecule has 10 heteroatoms. The van der Waals surface area contributed by atoms with Gasteiger partial charge in [0.15, 0.2) is 12.4 Å². The van der Waals surface area contributed by atoms with Gasteiger partial charge in [0.05, 0.1) is 0 Å². The first-order valence-electron chi connectivity index (χ1n) is 4.95. The van der Waals surface area contributed by atoms with Crippen LogP contribution >= 0.6 is 0 Å². The number of para-hydroxylation sites is 2. The highest BCUT2D eigenvalue weighted by Gasteiger charge is 2.47. The van der Waals surface area contributed by atoms with Crippen molar-refractivity contribution in [2.45, 2.75) is 0 Å². The van der Waals surface area contributed by atoms with E-state index in [-0.39, 0.29) is 8.96 Å². The number of hydrogen-bond donors (Lipinski definition) is 0. The second-order valence-corrected chi connectivity index (χ2v) is 3.68. The predicted octanol–water partition coefficient (Wildman–Crippen LogP) is 1.80. The number of hydrogen-bond acceptors (Lipinski definition) is 0. The summed E-state index contributed by atoms with van der Waals surface area (Å²) in [7, 11) is -10.9. The zero-order valence-corrected chi connectivity index (χ0v) is 8.78. The zero-order valence-electron chi connectivity index (χ0n) is 8.78. The van der Waals surface area contributed by atoms with Gasteiger partial charge in [0.25, 0.3) is 0 Å². The van der Waals surface area contributed by atoms with Crippen LogP contribution in [0.2, 0.25) is 0 Å². The zero-order chi connectivity index (χ0) is 13.6. The minimum absolute atomic E-state index is 0.0896. The summed E-state index contributed by atoms with van der Waals surface area (Å²) in [5.74, 6) is 0. The highest BCUT2D eigenvalue weighted by atomic mass is 19.4. The summed E-state index contributed by atoms with van der Waals surface area (Å²) in [6.07, 6.45) is 0.773. The molecular formula is C8H6B2F6N2. The number of rotatable bonds is 2. The SMILES string of the molecule is F[B-](F)(F)[n+]1cc[n+]([B-](F)(F)F)c2ccccc21. The second kappa shape index (κ2) is 3.89. The van der Waals surface area contributed by atoms with E-state index in [0.29, 0.717) is 12.4 Å². The molecule has 0 unspecified atom stereocenters. The Morgan fingerprint density at radius 3 is 1.28 bits per heavy atom. The van der Waals surface area contributed by atoms with Crippen molar-refractivity contribution in [2.75, 3.05) is 0 Å². The summed E-state index contributed by atoms with van der Waals surface area (Å²) >= 11 is 0. The maximum absolute atomic E-state index is 12.7. The summed E-state index contributed by atoms with van der Waals surface area (Å²) in [6, 6.07) is 4.52. The van der Waals surface area contributed by atoms with Crippen molar-refractivity contribution in [1.82, 2.24) is 0 Å². The molecule has 96 valence electrons. The van der Waals surface area contributed by atoms with Gasteiger partial charge in [0.2, 0.25) is 11.0 Å². The fourth-order valence-corrected chi connectivity index (χ4v) is 1.72. The van der Waals surface area contributed by atoms with Crippen molar-refractivity contribution >= 4 is 25.3 Å². The average Bonchev–Trinajstić information content (AvgIpc) is 2.24. The van der Waals surface area contributed by atoms with E-state index in [2.05, 4.69) is 0 Å². The molecule has 2 rings (SSSR count). The molecular weight excluding hydrogens is 260 g/mol. The summed E-state index contributed by atoms with van der Waals surface area (Å²) in [4.78, 5) is 0. The van der Waals surface area contributed by atoms with Gasteiger partial charge in [0.1, 0.15) is 0 Å². The van der Waals surface area contributed by atoms with Gasteiger partial charge in [-0.3, -0.25) is 0 Å². The molecule has 0 saturated carbocycles. The van der Waals surface area contributed by atoms with Crippen molar-refractivity contribution in [3.8, 4) is 0 Å². The largest absolute Gasteiger partial charge is 0.811 e. The molecule has 0 saturated heterocycles. The first-order valence-corrected chi connectivity index (χ1v) is 4.95. The predicted molar refractivity (Wildman–Crippen MR) is 53.3 cm³/mol. The smallest absolute Gasteiger partial charge is 0.379 e. The first-order chi connectivity index (χ1) is 8.21. The number of aromatic nitrogens is 2. The van der Waals surface area contributed by atoms with E-state index >= 15 is 0 Å². The third kappa shape index (κ3) is 2.14. The topological polar surface area (TPSA) is 7.76 Å². The average molecular weight is 266 g/mol. The maximum atomic E-state index is 12.7. The lowest BCUT2D eigenvalue weighted by Gasteiger charge is -2.14. The third-order valence-electron chi connectivity index (χ3n) is 2.46. The Bertz CT molecular complexity index is 542. The maximum Gasteiger partial charge on any atom is 0.811 e. The van der Waals surface area contributed by atoms with Gasteiger partial charge in [-0.2, -0.15) is 0 Å². The van der Waals surface area contributed by atoms with Gasteiger partial charge in [-0.05, 0) is 0 Å². The molecule has 18 heavy (non-hydrogen) atoms. The van der Waals surface area contributed by atoms with Crippen LogP contribution in [0.15, 0.2) is 36.7 Å². The highest BCUT2D eigenvalue weighted by molar-refractivity contribution is 6.49. The first kappa shape index (κ1) is 12.7. The van der Waals surface area contributed by atoms with Gasteiger partial charge in [-0.1, -0.05) is 12.1 Å². The highest BCUT2D eigenvalue weighted by Crippen LogP contribution is 2.13. The van der Waals surface area contributed by atoms with E-state index in [0.717, 1.165) is 12.1 Å². The number of fused-ring (bicyclic) bond motifs is 1. The van der Waals surface area contributed by atoms with E-state index in [1.807, 2.05) is 0 Å². The summed E-state index contributed by atoms with van der Waals surface area (Å²) in [5.41, 5.74) is -1.04. The monoisotopic (exact) mass is 266 g/mol. The minimum Gasteiger partial charge on any atom is -0.379 e. The Labute approximate surface area is 97.6 Å². The fourth-order valence-electron chi connectivity index (χ4n) is 1.72. The molecule has 1 aromatic heterocycles. The van der Waals surface area contributed by atoms with Crippen LogP contribution in [0.25, 0.3) is 11.0 Å². The van der Waals surface area contributed by atoms with E-state index in [4.69, 9.17) is 0 Å². The third-order valence-corrected chi connectivity index (χ3v) is 2.46. The Morgan fingerprint density at radius 1 is 0.667 bits per heavy atom. The molecule has 0 aliphatic carbocycles. The molecule has 0 spiro atoms. The van der Waals surface area contributed by atoms with Crippen molar-refractivity contribution in [1.29, 1.82) is 0 Å². The lowest BCUT2D eigenvalue weighted by atomic mass is 10.1. The van der Waals surface area contributed by atoms with Gasteiger partial charge < -0.3 is 34.9 Å². The molecule has 0 atom stereocenters. The van der Waals surface area contributed by atoms with Crippen molar-refractivity contribution in [3.05, 3.63) is 36.7 Å². The van der Waals surface area contributed by atoms with Crippen molar-refractivity contribution in [3.63, 3.8) is 0 Å². The van der Waals surface area contributed by atoms with E-state index in [1.165, 1.54) is 12.1 Å². The van der Waals surface area contributed by atoms with Crippen LogP contribution in [0.5, 0.6) is 0 Å². The molecule has 0 amide bonds. The van der Waals surface area contributed by atoms with Crippen LogP contribution in [-0.2, 0) is 0 Å². The molecule has 0 radical (unpaired) electrons. The Kier molecular flexibility index (Phi) is 2.75. The fraction of sp³-hybridized carbons (Fsp3) is 0. The molecule has 0 N–H and O–H groups in total. The molecule has 2 nitrogen and oxygen atoms in total. The second-order valence-electron chi connectivity index (χ2n) is 3.68. The Balaban J connectivity index is 2.83. The quantitative estimate of drug-likeness (QED) is 0.578. The van der Waals surface area contributed by atoms with E-state index < -0.39 is 25.3 Å². The Hall–Kier alpha value is -1.73. The number of benzene rings is 1. The van der Waals surface area contributed by atoms with Crippen LogP contribution in [0.3, 0.4) is 0 Å². The van der Waals surface area contributed by atoms with Crippen LogP contribution in [0, 0.1) is 0 Å². The van der Waals surface area contributed by atoms with Crippen molar-refractivity contribution in [2.24, 2.45) is 0 Å². The summed E-state index contributed by atoms with van der Waals surface area (Å²) in [5, 5.41) is 0. The molecule has 0 bridgehead atoms. The lowest BCUT2D eigenvalue weighted by molar-refractivity contribution is -0.599.